The Hall–Kier alpha value is -1.35. The Labute approximate surface area is 103 Å². The van der Waals surface area contributed by atoms with Crippen LogP contribution < -0.4 is 5.32 Å². The monoisotopic (exact) mass is 235 g/mol. The minimum atomic E-state index is -0.772. The van der Waals surface area contributed by atoms with Gasteiger partial charge in [0.15, 0.2) is 0 Å². The van der Waals surface area contributed by atoms with Gasteiger partial charge in [0.05, 0.1) is 0 Å². The predicted molar refractivity (Wildman–Crippen MR) is 68.9 cm³/mol. The van der Waals surface area contributed by atoms with Crippen LogP contribution in [0.5, 0.6) is 0 Å². The molecule has 0 aliphatic heterocycles. The van der Waals surface area contributed by atoms with Gasteiger partial charge in [-0.25, -0.2) is 0 Å². The summed E-state index contributed by atoms with van der Waals surface area (Å²) < 4.78 is 0. The third kappa shape index (κ3) is 5.00. The molecular weight excluding hydrogens is 214 g/mol. The SMILES string of the molecule is Cc1ccc(CNC(CC(C)C)C(=O)O)cc1. The van der Waals surface area contributed by atoms with E-state index < -0.39 is 12.0 Å². The maximum absolute atomic E-state index is 11.0. The fraction of sp³-hybridized carbons (Fsp3) is 0.500. The van der Waals surface area contributed by atoms with Gasteiger partial charge in [0.25, 0.3) is 0 Å². The van der Waals surface area contributed by atoms with E-state index in [0.29, 0.717) is 18.9 Å². The molecule has 0 aliphatic carbocycles. The lowest BCUT2D eigenvalue weighted by Gasteiger charge is -2.16. The zero-order valence-electron chi connectivity index (χ0n) is 10.7. The summed E-state index contributed by atoms with van der Waals surface area (Å²) >= 11 is 0. The van der Waals surface area contributed by atoms with Crippen LogP contribution in [-0.4, -0.2) is 17.1 Å². The molecule has 0 heterocycles. The van der Waals surface area contributed by atoms with E-state index in [9.17, 15) is 4.79 Å². The number of rotatable bonds is 6. The van der Waals surface area contributed by atoms with Crippen LogP contribution in [0.4, 0.5) is 0 Å². The first kappa shape index (κ1) is 13.7. The molecule has 0 fully saturated rings. The van der Waals surface area contributed by atoms with Crippen molar-refractivity contribution >= 4 is 5.97 Å². The van der Waals surface area contributed by atoms with E-state index in [1.165, 1.54) is 5.56 Å². The number of carboxylic acid groups (broad SMARTS) is 1. The third-order valence-corrected chi connectivity index (χ3v) is 2.68. The molecule has 0 saturated carbocycles. The molecule has 3 nitrogen and oxygen atoms in total. The highest BCUT2D eigenvalue weighted by molar-refractivity contribution is 5.73. The van der Waals surface area contributed by atoms with Crippen molar-refractivity contribution in [1.82, 2.24) is 5.32 Å². The molecule has 17 heavy (non-hydrogen) atoms. The number of benzene rings is 1. The van der Waals surface area contributed by atoms with Gasteiger partial charge in [0, 0.05) is 6.54 Å². The molecule has 1 aromatic carbocycles. The Kier molecular flexibility index (Phi) is 5.16. The Morgan fingerprint density at radius 2 is 1.88 bits per heavy atom. The van der Waals surface area contributed by atoms with E-state index in [1.807, 2.05) is 45.0 Å². The van der Waals surface area contributed by atoms with Crippen LogP contribution in [0.25, 0.3) is 0 Å². The van der Waals surface area contributed by atoms with Crippen LogP contribution in [0.3, 0.4) is 0 Å². The first-order valence-electron chi connectivity index (χ1n) is 6.00. The number of aryl methyl sites for hydroxylation is 1. The summed E-state index contributed by atoms with van der Waals surface area (Å²) in [6, 6.07) is 7.66. The largest absolute Gasteiger partial charge is 0.480 e. The van der Waals surface area contributed by atoms with E-state index in [2.05, 4.69) is 5.32 Å². The Bertz CT molecular complexity index is 357. The molecule has 0 amide bonds. The number of carbonyl (C=O) groups is 1. The maximum Gasteiger partial charge on any atom is 0.320 e. The second-order valence-corrected chi connectivity index (χ2v) is 4.89. The molecule has 3 heteroatoms. The summed E-state index contributed by atoms with van der Waals surface area (Å²) in [6.45, 7) is 6.70. The highest BCUT2D eigenvalue weighted by Gasteiger charge is 2.17. The molecular formula is C14H21NO2. The summed E-state index contributed by atoms with van der Waals surface area (Å²) in [5.74, 6) is -0.396. The molecule has 0 aromatic heterocycles. The first-order chi connectivity index (χ1) is 7.99. The van der Waals surface area contributed by atoms with Gasteiger partial charge in [-0.15, -0.1) is 0 Å². The van der Waals surface area contributed by atoms with Crippen molar-refractivity contribution < 1.29 is 9.90 Å². The summed E-state index contributed by atoms with van der Waals surface area (Å²) in [5.41, 5.74) is 2.33. The Morgan fingerprint density at radius 3 is 2.35 bits per heavy atom. The van der Waals surface area contributed by atoms with E-state index in [0.717, 1.165) is 5.56 Å². The van der Waals surface area contributed by atoms with Crippen LogP contribution in [-0.2, 0) is 11.3 Å². The summed E-state index contributed by atoms with van der Waals surface area (Å²) in [7, 11) is 0. The average Bonchev–Trinajstić information content (AvgIpc) is 2.25. The van der Waals surface area contributed by atoms with Gasteiger partial charge in [-0.05, 0) is 24.8 Å². The minimum absolute atomic E-state index is 0.376. The zero-order chi connectivity index (χ0) is 12.8. The molecule has 1 unspecified atom stereocenters. The van der Waals surface area contributed by atoms with Crippen molar-refractivity contribution in [2.75, 3.05) is 0 Å². The first-order valence-corrected chi connectivity index (χ1v) is 6.00. The van der Waals surface area contributed by atoms with Crippen LogP contribution in [0.1, 0.15) is 31.4 Å². The van der Waals surface area contributed by atoms with Gasteiger partial charge in [0.1, 0.15) is 6.04 Å². The normalized spacial score (nSPS) is 12.7. The summed E-state index contributed by atoms with van der Waals surface area (Å²) in [4.78, 5) is 11.0. The Balaban J connectivity index is 2.51. The zero-order valence-corrected chi connectivity index (χ0v) is 10.7. The second kappa shape index (κ2) is 6.40. The summed E-state index contributed by atoms with van der Waals surface area (Å²) in [6.07, 6.45) is 0.654. The van der Waals surface area contributed by atoms with Gasteiger partial charge in [-0.2, -0.15) is 0 Å². The molecule has 1 rings (SSSR count). The Morgan fingerprint density at radius 1 is 1.29 bits per heavy atom. The third-order valence-electron chi connectivity index (χ3n) is 2.68. The van der Waals surface area contributed by atoms with Gasteiger partial charge in [-0.3, -0.25) is 4.79 Å². The van der Waals surface area contributed by atoms with Crippen LogP contribution in [0.2, 0.25) is 0 Å². The number of aliphatic carboxylic acids is 1. The highest BCUT2D eigenvalue weighted by Crippen LogP contribution is 2.07. The van der Waals surface area contributed by atoms with Crippen LogP contribution >= 0.6 is 0 Å². The van der Waals surface area contributed by atoms with Gasteiger partial charge in [0.2, 0.25) is 0 Å². The maximum atomic E-state index is 11.0. The van der Waals surface area contributed by atoms with Crippen molar-refractivity contribution in [1.29, 1.82) is 0 Å². The van der Waals surface area contributed by atoms with E-state index in [-0.39, 0.29) is 0 Å². The fourth-order valence-electron chi connectivity index (χ4n) is 1.69. The van der Waals surface area contributed by atoms with Crippen molar-refractivity contribution in [3.63, 3.8) is 0 Å². The number of hydrogen-bond donors (Lipinski definition) is 2. The van der Waals surface area contributed by atoms with Crippen LogP contribution in [0, 0.1) is 12.8 Å². The number of hydrogen-bond acceptors (Lipinski definition) is 2. The average molecular weight is 235 g/mol. The summed E-state index contributed by atoms with van der Waals surface area (Å²) in [5, 5.41) is 12.2. The molecule has 0 radical (unpaired) electrons. The molecule has 0 bridgehead atoms. The van der Waals surface area contributed by atoms with Gasteiger partial charge < -0.3 is 10.4 Å². The van der Waals surface area contributed by atoms with Crippen molar-refractivity contribution in [3.8, 4) is 0 Å². The lowest BCUT2D eigenvalue weighted by Crippen LogP contribution is -2.37. The van der Waals surface area contributed by atoms with Crippen LogP contribution in [0.15, 0.2) is 24.3 Å². The van der Waals surface area contributed by atoms with E-state index in [1.54, 1.807) is 0 Å². The van der Waals surface area contributed by atoms with E-state index >= 15 is 0 Å². The lowest BCUT2D eigenvalue weighted by molar-refractivity contribution is -0.140. The van der Waals surface area contributed by atoms with Crippen molar-refractivity contribution in [2.45, 2.75) is 39.8 Å². The minimum Gasteiger partial charge on any atom is -0.480 e. The van der Waals surface area contributed by atoms with Crippen molar-refractivity contribution in [3.05, 3.63) is 35.4 Å². The lowest BCUT2D eigenvalue weighted by atomic mass is 10.0. The molecule has 2 N–H and O–H groups in total. The smallest absolute Gasteiger partial charge is 0.320 e. The van der Waals surface area contributed by atoms with Gasteiger partial charge in [-0.1, -0.05) is 43.7 Å². The number of nitrogens with one attached hydrogen (secondary N) is 1. The molecule has 0 spiro atoms. The topological polar surface area (TPSA) is 49.3 Å². The standard InChI is InChI=1S/C14H21NO2/c1-10(2)8-13(14(16)17)15-9-12-6-4-11(3)5-7-12/h4-7,10,13,15H,8-9H2,1-3H3,(H,16,17). The quantitative estimate of drug-likeness (QED) is 0.796. The molecule has 0 saturated heterocycles. The fourth-order valence-corrected chi connectivity index (χ4v) is 1.69. The number of carboxylic acids is 1. The van der Waals surface area contributed by atoms with E-state index in [4.69, 9.17) is 5.11 Å². The predicted octanol–water partition coefficient (Wildman–Crippen LogP) is 2.58. The van der Waals surface area contributed by atoms with Crippen molar-refractivity contribution in [2.24, 2.45) is 5.92 Å². The molecule has 94 valence electrons. The van der Waals surface area contributed by atoms with Gasteiger partial charge >= 0.3 is 5.97 Å². The molecule has 1 aromatic rings. The highest BCUT2D eigenvalue weighted by atomic mass is 16.4. The molecule has 1 atom stereocenters. The second-order valence-electron chi connectivity index (χ2n) is 4.89. The molecule has 0 aliphatic rings.